The van der Waals surface area contributed by atoms with Crippen LogP contribution in [0.5, 0.6) is 5.75 Å². The van der Waals surface area contributed by atoms with Crippen LogP contribution in [0.4, 0.5) is 0 Å². The van der Waals surface area contributed by atoms with Crippen molar-refractivity contribution in [3.05, 3.63) is 65.7 Å². The molecule has 2 unspecified atom stereocenters. The molecule has 0 aromatic heterocycles. The second-order valence-corrected chi connectivity index (χ2v) is 6.66. The maximum Gasteiger partial charge on any atom is 0.119 e. The van der Waals surface area contributed by atoms with Gasteiger partial charge in [-0.2, -0.15) is 0 Å². The standard InChI is InChI=1S/C21H28N2O2.ClH/c1-24-21-11-12-23(19(13-21)14-22)15-17-7-9-20(10-8-17)25-16-18-5-3-2-4-6-18;/h2-10,19,21H,11-16,22H2,1H3;1H. The van der Waals surface area contributed by atoms with Gasteiger partial charge >= 0.3 is 0 Å². The van der Waals surface area contributed by atoms with Gasteiger partial charge in [0.1, 0.15) is 12.4 Å². The van der Waals surface area contributed by atoms with E-state index in [1.165, 1.54) is 11.1 Å². The van der Waals surface area contributed by atoms with Gasteiger partial charge < -0.3 is 15.2 Å². The van der Waals surface area contributed by atoms with Crippen LogP contribution in [0.2, 0.25) is 0 Å². The number of ether oxygens (including phenoxy) is 2. The third kappa shape index (κ3) is 5.71. The van der Waals surface area contributed by atoms with E-state index >= 15 is 0 Å². The Morgan fingerprint density at radius 3 is 2.42 bits per heavy atom. The summed E-state index contributed by atoms with van der Waals surface area (Å²) in [7, 11) is 1.79. The van der Waals surface area contributed by atoms with E-state index in [1.807, 2.05) is 18.2 Å². The lowest BCUT2D eigenvalue weighted by atomic mass is 9.98. The summed E-state index contributed by atoms with van der Waals surface area (Å²) in [5.74, 6) is 0.904. The van der Waals surface area contributed by atoms with Crippen molar-refractivity contribution in [1.29, 1.82) is 0 Å². The number of benzene rings is 2. The van der Waals surface area contributed by atoms with Crippen molar-refractivity contribution in [2.24, 2.45) is 5.73 Å². The maximum atomic E-state index is 5.97. The molecule has 0 radical (unpaired) electrons. The van der Waals surface area contributed by atoms with Crippen molar-refractivity contribution in [2.45, 2.75) is 38.1 Å². The molecule has 1 heterocycles. The van der Waals surface area contributed by atoms with Crippen molar-refractivity contribution in [2.75, 3.05) is 20.2 Å². The van der Waals surface area contributed by atoms with Gasteiger partial charge in [0.2, 0.25) is 0 Å². The third-order valence-electron chi connectivity index (χ3n) is 4.95. The van der Waals surface area contributed by atoms with Crippen molar-refractivity contribution in [1.82, 2.24) is 4.90 Å². The Balaban J connectivity index is 0.00000243. The predicted octanol–water partition coefficient (Wildman–Crippen LogP) is 3.63. The summed E-state index contributed by atoms with van der Waals surface area (Å²) in [6.07, 6.45) is 2.44. The highest BCUT2D eigenvalue weighted by Crippen LogP contribution is 2.22. The van der Waals surface area contributed by atoms with Gasteiger partial charge in [-0.25, -0.2) is 0 Å². The molecule has 26 heavy (non-hydrogen) atoms. The Morgan fingerprint density at radius 1 is 1.04 bits per heavy atom. The molecule has 5 heteroatoms. The minimum Gasteiger partial charge on any atom is -0.489 e. The van der Waals surface area contributed by atoms with E-state index in [4.69, 9.17) is 15.2 Å². The monoisotopic (exact) mass is 376 g/mol. The van der Waals surface area contributed by atoms with E-state index in [-0.39, 0.29) is 12.4 Å². The summed E-state index contributed by atoms with van der Waals surface area (Å²) in [6, 6.07) is 19.0. The summed E-state index contributed by atoms with van der Waals surface area (Å²) in [6.45, 7) is 3.24. The van der Waals surface area contributed by atoms with Crippen LogP contribution >= 0.6 is 12.4 Å². The third-order valence-corrected chi connectivity index (χ3v) is 4.95. The van der Waals surface area contributed by atoms with Crippen molar-refractivity contribution in [3.8, 4) is 5.75 Å². The summed E-state index contributed by atoms with van der Waals surface area (Å²) in [4.78, 5) is 2.47. The Morgan fingerprint density at radius 2 is 1.77 bits per heavy atom. The number of methoxy groups -OCH3 is 1. The molecular weight excluding hydrogens is 348 g/mol. The molecule has 1 fully saturated rings. The van der Waals surface area contributed by atoms with Gasteiger partial charge in [-0.3, -0.25) is 4.90 Å². The molecule has 2 atom stereocenters. The molecule has 1 saturated heterocycles. The molecular formula is C21H29ClN2O2. The van der Waals surface area contributed by atoms with Crippen LogP contribution in [0.1, 0.15) is 24.0 Å². The average Bonchev–Trinajstić information content (AvgIpc) is 2.68. The topological polar surface area (TPSA) is 47.7 Å². The first kappa shape index (κ1) is 20.7. The van der Waals surface area contributed by atoms with Gasteiger partial charge in [0.25, 0.3) is 0 Å². The molecule has 0 spiro atoms. The minimum atomic E-state index is 0. The maximum absolute atomic E-state index is 5.97. The molecule has 142 valence electrons. The highest BCUT2D eigenvalue weighted by atomic mass is 35.5. The highest BCUT2D eigenvalue weighted by molar-refractivity contribution is 5.85. The minimum absolute atomic E-state index is 0. The SMILES string of the molecule is COC1CCN(Cc2ccc(OCc3ccccc3)cc2)C(CN)C1.Cl. The van der Waals surface area contributed by atoms with Crippen molar-refractivity contribution in [3.63, 3.8) is 0 Å². The van der Waals surface area contributed by atoms with E-state index in [9.17, 15) is 0 Å². The van der Waals surface area contributed by atoms with Gasteiger partial charge in [0, 0.05) is 32.8 Å². The van der Waals surface area contributed by atoms with Crippen LogP contribution in [0.3, 0.4) is 0 Å². The zero-order valence-corrected chi connectivity index (χ0v) is 16.2. The number of piperidine rings is 1. The van der Waals surface area contributed by atoms with E-state index in [0.717, 1.165) is 31.7 Å². The first-order valence-corrected chi connectivity index (χ1v) is 9.01. The fourth-order valence-corrected chi connectivity index (χ4v) is 3.40. The van der Waals surface area contributed by atoms with E-state index < -0.39 is 0 Å². The zero-order chi connectivity index (χ0) is 17.5. The molecule has 0 saturated carbocycles. The molecule has 2 aromatic rings. The second kappa shape index (κ2) is 10.5. The Bertz CT molecular complexity index is 636. The van der Waals surface area contributed by atoms with Crippen LogP contribution in [0.15, 0.2) is 54.6 Å². The number of rotatable bonds is 7. The molecule has 0 aliphatic carbocycles. The number of hydrogen-bond acceptors (Lipinski definition) is 4. The van der Waals surface area contributed by atoms with E-state index in [2.05, 4.69) is 41.3 Å². The summed E-state index contributed by atoms with van der Waals surface area (Å²) >= 11 is 0. The fourth-order valence-electron chi connectivity index (χ4n) is 3.40. The molecule has 0 bridgehead atoms. The zero-order valence-electron chi connectivity index (χ0n) is 15.3. The van der Waals surface area contributed by atoms with Crippen molar-refractivity contribution < 1.29 is 9.47 Å². The molecule has 1 aliphatic rings. The molecule has 2 aromatic carbocycles. The second-order valence-electron chi connectivity index (χ2n) is 6.66. The van der Waals surface area contributed by atoms with Crippen LogP contribution in [0, 0.1) is 0 Å². The lowest BCUT2D eigenvalue weighted by Gasteiger charge is -2.38. The van der Waals surface area contributed by atoms with Crippen molar-refractivity contribution >= 4 is 12.4 Å². The number of halogens is 1. The largest absolute Gasteiger partial charge is 0.489 e. The molecule has 4 nitrogen and oxygen atoms in total. The Hall–Kier alpha value is -1.59. The van der Waals surface area contributed by atoms with Crippen LogP contribution in [-0.4, -0.2) is 37.2 Å². The quantitative estimate of drug-likeness (QED) is 0.801. The lowest BCUT2D eigenvalue weighted by Crippen LogP contribution is -2.47. The first-order chi connectivity index (χ1) is 12.3. The van der Waals surface area contributed by atoms with Gasteiger partial charge in [0.05, 0.1) is 6.10 Å². The first-order valence-electron chi connectivity index (χ1n) is 9.01. The Kier molecular flexibility index (Phi) is 8.39. The average molecular weight is 377 g/mol. The summed E-state index contributed by atoms with van der Waals surface area (Å²) in [5.41, 5.74) is 8.44. The molecule has 0 amide bonds. The van der Waals surface area contributed by atoms with Gasteiger partial charge in [-0.1, -0.05) is 42.5 Å². The van der Waals surface area contributed by atoms with E-state index in [0.29, 0.717) is 25.3 Å². The molecule has 3 rings (SSSR count). The lowest BCUT2D eigenvalue weighted by molar-refractivity contribution is 0.0102. The van der Waals surface area contributed by atoms with Crippen LogP contribution < -0.4 is 10.5 Å². The number of hydrogen-bond donors (Lipinski definition) is 1. The molecule has 2 N–H and O–H groups in total. The van der Waals surface area contributed by atoms with Crippen LogP contribution in [-0.2, 0) is 17.9 Å². The van der Waals surface area contributed by atoms with Gasteiger partial charge in [-0.15, -0.1) is 12.4 Å². The van der Waals surface area contributed by atoms with E-state index in [1.54, 1.807) is 7.11 Å². The normalized spacial score (nSPS) is 20.4. The summed E-state index contributed by atoms with van der Waals surface area (Å²) < 4.78 is 11.4. The van der Waals surface area contributed by atoms with Crippen LogP contribution in [0.25, 0.3) is 0 Å². The summed E-state index contributed by atoms with van der Waals surface area (Å²) in [5, 5.41) is 0. The fraction of sp³-hybridized carbons (Fsp3) is 0.429. The number of likely N-dealkylation sites (tertiary alicyclic amines) is 1. The van der Waals surface area contributed by atoms with Gasteiger partial charge in [-0.05, 0) is 36.1 Å². The predicted molar refractivity (Wildman–Crippen MR) is 108 cm³/mol. The number of nitrogens with zero attached hydrogens (tertiary/aromatic N) is 1. The number of nitrogens with two attached hydrogens (primary N) is 1. The van der Waals surface area contributed by atoms with Gasteiger partial charge in [0.15, 0.2) is 0 Å². The molecule has 1 aliphatic heterocycles. The Labute approximate surface area is 162 Å². The highest BCUT2D eigenvalue weighted by Gasteiger charge is 2.27. The smallest absolute Gasteiger partial charge is 0.119 e.